The molecule has 12 heteroatoms. The van der Waals surface area contributed by atoms with E-state index in [-0.39, 0.29) is 30.1 Å². The molecule has 5 rings (SSSR count). The summed E-state index contributed by atoms with van der Waals surface area (Å²) in [5.74, 6) is 0.687. The van der Waals surface area contributed by atoms with Crippen molar-refractivity contribution in [3.8, 4) is 11.5 Å². The number of carbonyl (C=O) groups is 2. The number of nitrogens with one attached hydrogen (secondary N) is 1. The Labute approximate surface area is 267 Å². The van der Waals surface area contributed by atoms with E-state index in [2.05, 4.69) is 22.6 Å². The summed E-state index contributed by atoms with van der Waals surface area (Å²) in [5, 5.41) is 12.2. The van der Waals surface area contributed by atoms with Crippen LogP contribution < -0.4 is 10.1 Å². The van der Waals surface area contributed by atoms with Crippen molar-refractivity contribution in [1.82, 2.24) is 25.2 Å². The molecular formula is C32H38Cl2FN5O4. The van der Waals surface area contributed by atoms with Gasteiger partial charge in [-0.25, -0.2) is 13.9 Å². The Bertz CT molecular complexity index is 1510. The lowest BCUT2D eigenvalue weighted by molar-refractivity contribution is -0.125. The van der Waals surface area contributed by atoms with Gasteiger partial charge in [-0.3, -0.25) is 9.69 Å². The fourth-order valence-electron chi connectivity index (χ4n) is 5.91. The predicted molar refractivity (Wildman–Crippen MR) is 166 cm³/mol. The standard InChI is InChI=1S/C32H38Cl2FN5O4/c1-19-7-5-6-8-24(19)27-18-40(38-37-27)22-14-28(39(17-22)31(42)44-32(2,3)4)30(41)36-16-20-9-10-21(33)13-29(20)43-23-11-12-26(35)25(34)15-23/h9-13,15,18-19,22,24,28H,5-8,14,16-17H2,1-4H3,(H,36,41)/t19?,22?,24?,28-/m1/s1. The molecule has 2 fully saturated rings. The Morgan fingerprint density at radius 3 is 2.61 bits per heavy atom. The van der Waals surface area contributed by atoms with Crippen LogP contribution in [-0.2, 0) is 16.1 Å². The lowest BCUT2D eigenvalue weighted by Gasteiger charge is -2.28. The van der Waals surface area contributed by atoms with Crippen LogP contribution in [-0.4, -0.2) is 50.1 Å². The van der Waals surface area contributed by atoms with E-state index in [1.165, 1.54) is 42.4 Å². The molecule has 2 aromatic carbocycles. The van der Waals surface area contributed by atoms with Gasteiger partial charge in [0.05, 0.1) is 16.8 Å². The number of carbonyl (C=O) groups excluding carboxylic acids is 2. The monoisotopic (exact) mass is 645 g/mol. The van der Waals surface area contributed by atoms with Crippen molar-refractivity contribution >= 4 is 35.2 Å². The van der Waals surface area contributed by atoms with Crippen LogP contribution in [0.1, 0.15) is 83.0 Å². The van der Waals surface area contributed by atoms with E-state index in [1.54, 1.807) is 43.7 Å². The van der Waals surface area contributed by atoms with Gasteiger partial charge in [-0.15, -0.1) is 5.10 Å². The van der Waals surface area contributed by atoms with Crippen molar-refractivity contribution in [2.45, 2.75) is 89.9 Å². The normalized spacial score (nSPS) is 22.1. The van der Waals surface area contributed by atoms with Crippen molar-refractivity contribution < 1.29 is 23.5 Å². The molecule has 1 saturated heterocycles. The van der Waals surface area contributed by atoms with Gasteiger partial charge in [0.2, 0.25) is 5.91 Å². The Balaban J connectivity index is 1.32. The number of nitrogens with zero attached hydrogens (tertiary/aromatic N) is 4. The molecule has 9 nitrogen and oxygen atoms in total. The van der Waals surface area contributed by atoms with Crippen molar-refractivity contribution in [1.29, 1.82) is 0 Å². The van der Waals surface area contributed by atoms with Gasteiger partial charge in [-0.1, -0.05) is 60.7 Å². The fourth-order valence-corrected chi connectivity index (χ4v) is 6.24. The molecule has 4 atom stereocenters. The van der Waals surface area contributed by atoms with Crippen molar-refractivity contribution in [2.75, 3.05) is 6.54 Å². The quantitative estimate of drug-likeness (QED) is 0.283. The molecule has 3 unspecified atom stereocenters. The summed E-state index contributed by atoms with van der Waals surface area (Å²) in [6.45, 7) is 7.99. The van der Waals surface area contributed by atoms with Crippen LogP contribution in [0.4, 0.5) is 9.18 Å². The summed E-state index contributed by atoms with van der Waals surface area (Å²) in [5.41, 5.74) is 0.864. The summed E-state index contributed by atoms with van der Waals surface area (Å²) in [6, 6.07) is 8.01. The first-order valence-corrected chi connectivity index (χ1v) is 15.7. The van der Waals surface area contributed by atoms with Crippen molar-refractivity contribution in [3.05, 3.63) is 69.7 Å². The molecule has 2 amide bonds. The number of hydrogen-bond acceptors (Lipinski definition) is 6. The Morgan fingerprint density at radius 1 is 1.11 bits per heavy atom. The highest BCUT2D eigenvalue weighted by Gasteiger charge is 2.43. The van der Waals surface area contributed by atoms with Gasteiger partial charge in [-0.05, 0) is 57.4 Å². The molecule has 2 aliphatic rings. The maximum atomic E-state index is 13.7. The average molecular weight is 647 g/mol. The molecule has 0 spiro atoms. The number of benzene rings is 2. The van der Waals surface area contributed by atoms with Crippen LogP contribution in [0.15, 0.2) is 42.6 Å². The third kappa shape index (κ3) is 7.64. The van der Waals surface area contributed by atoms with E-state index in [4.69, 9.17) is 32.7 Å². The van der Waals surface area contributed by atoms with Crippen molar-refractivity contribution in [3.63, 3.8) is 0 Å². The highest BCUT2D eigenvalue weighted by molar-refractivity contribution is 6.31. The Morgan fingerprint density at radius 2 is 1.89 bits per heavy atom. The van der Waals surface area contributed by atoms with Gasteiger partial charge in [-0.2, -0.15) is 0 Å². The minimum atomic E-state index is -0.788. The number of rotatable bonds is 7. The van der Waals surface area contributed by atoms with Gasteiger partial charge < -0.3 is 14.8 Å². The van der Waals surface area contributed by atoms with E-state index in [9.17, 15) is 14.0 Å². The summed E-state index contributed by atoms with van der Waals surface area (Å²) >= 11 is 12.1. The highest BCUT2D eigenvalue weighted by Crippen LogP contribution is 2.37. The zero-order valence-electron chi connectivity index (χ0n) is 25.4. The molecule has 1 aliphatic carbocycles. The number of hydrogen-bond donors (Lipinski definition) is 1. The minimum absolute atomic E-state index is 0.0786. The molecule has 1 N–H and O–H groups in total. The molecular weight excluding hydrogens is 608 g/mol. The summed E-state index contributed by atoms with van der Waals surface area (Å²) in [6.07, 6.45) is 6.44. The fraction of sp³-hybridized carbons (Fsp3) is 0.500. The summed E-state index contributed by atoms with van der Waals surface area (Å²) in [7, 11) is 0. The molecule has 0 radical (unpaired) electrons. The maximum absolute atomic E-state index is 13.7. The Kier molecular flexibility index (Phi) is 9.70. The van der Waals surface area contributed by atoms with Crippen LogP contribution in [0.2, 0.25) is 10.0 Å². The van der Waals surface area contributed by atoms with Gasteiger partial charge in [0.25, 0.3) is 0 Å². The van der Waals surface area contributed by atoms with Gasteiger partial charge >= 0.3 is 6.09 Å². The summed E-state index contributed by atoms with van der Waals surface area (Å²) < 4.78 is 27.1. The summed E-state index contributed by atoms with van der Waals surface area (Å²) in [4.78, 5) is 28.4. The molecule has 2 heterocycles. The molecule has 3 aromatic rings. The second kappa shape index (κ2) is 13.3. The van der Waals surface area contributed by atoms with Crippen molar-refractivity contribution in [2.24, 2.45) is 5.92 Å². The second-order valence-corrected chi connectivity index (χ2v) is 13.5. The molecule has 1 saturated carbocycles. The second-order valence-electron chi connectivity index (χ2n) is 12.7. The molecule has 1 aromatic heterocycles. The first-order valence-electron chi connectivity index (χ1n) is 15.0. The number of ether oxygens (including phenoxy) is 2. The van der Waals surface area contributed by atoms with Crippen LogP contribution in [0.25, 0.3) is 0 Å². The van der Waals surface area contributed by atoms with E-state index in [0.29, 0.717) is 40.3 Å². The van der Waals surface area contributed by atoms with E-state index >= 15 is 0 Å². The highest BCUT2D eigenvalue weighted by atomic mass is 35.5. The number of likely N-dealkylation sites (tertiary alicyclic amines) is 1. The lowest BCUT2D eigenvalue weighted by atomic mass is 9.79. The smallest absolute Gasteiger partial charge is 0.411 e. The minimum Gasteiger partial charge on any atom is -0.457 e. The van der Waals surface area contributed by atoms with Crippen LogP contribution in [0.3, 0.4) is 0 Å². The predicted octanol–water partition coefficient (Wildman–Crippen LogP) is 7.68. The zero-order valence-corrected chi connectivity index (χ0v) is 26.9. The first-order chi connectivity index (χ1) is 20.9. The maximum Gasteiger partial charge on any atom is 0.411 e. The van der Waals surface area contributed by atoms with E-state index < -0.39 is 23.6 Å². The average Bonchev–Trinajstić information content (AvgIpc) is 3.62. The number of aromatic nitrogens is 3. The van der Waals surface area contributed by atoms with Crippen LogP contribution in [0.5, 0.6) is 11.5 Å². The molecule has 1 aliphatic heterocycles. The topological polar surface area (TPSA) is 98.6 Å². The zero-order chi connectivity index (χ0) is 31.6. The third-order valence-corrected chi connectivity index (χ3v) is 8.73. The third-order valence-electron chi connectivity index (χ3n) is 8.20. The van der Waals surface area contributed by atoms with Crippen LogP contribution >= 0.6 is 23.2 Å². The van der Waals surface area contributed by atoms with Gasteiger partial charge in [0, 0.05) is 48.3 Å². The molecule has 236 valence electrons. The van der Waals surface area contributed by atoms with E-state index in [1.807, 2.05) is 6.20 Å². The lowest BCUT2D eigenvalue weighted by Crippen LogP contribution is -2.47. The first kappa shape index (κ1) is 32.0. The Hall–Kier alpha value is -3.37. The van der Waals surface area contributed by atoms with Crippen LogP contribution in [0, 0.1) is 11.7 Å². The molecule has 44 heavy (non-hydrogen) atoms. The number of amides is 2. The SMILES string of the molecule is CC1CCCCC1c1cn(C2C[C@H](C(=O)NCc3ccc(Cl)cc3Oc3ccc(F)c(Cl)c3)N(C(=O)OC(C)(C)C)C2)nn1. The van der Waals surface area contributed by atoms with Gasteiger partial charge in [0.15, 0.2) is 0 Å². The molecule has 0 bridgehead atoms. The number of halogens is 3. The largest absolute Gasteiger partial charge is 0.457 e. The van der Waals surface area contributed by atoms with Gasteiger partial charge in [0.1, 0.15) is 29.0 Å². The van der Waals surface area contributed by atoms with E-state index in [0.717, 1.165) is 12.1 Å².